The van der Waals surface area contributed by atoms with E-state index in [1.807, 2.05) is 13.0 Å². The molecule has 0 aliphatic rings. The minimum absolute atomic E-state index is 0.488. The lowest BCUT2D eigenvalue weighted by molar-refractivity contribution is -0.0982. The van der Waals surface area contributed by atoms with Crippen molar-refractivity contribution in [1.82, 2.24) is 0 Å². The van der Waals surface area contributed by atoms with E-state index in [1.54, 1.807) is 39.0 Å². The van der Waals surface area contributed by atoms with E-state index in [9.17, 15) is 10.1 Å². The highest BCUT2D eigenvalue weighted by Crippen LogP contribution is 2.28. The van der Waals surface area contributed by atoms with Crippen LogP contribution in [-0.2, 0) is 4.65 Å². The van der Waals surface area contributed by atoms with Gasteiger partial charge in [0.1, 0.15) is 0 Å². The van der Waals surface area contributed by atoms with E-state index < -0.39 is 18.3 Å². The Morgan fingerprint density at radius 1 is 1.35 bits per heavy atom. The van der Waals surface area contributed by atoms with Gasteiger partial charge in [0.05, 0.1) is 11.2 Å². The summed E-state index contributed by atoms with van der Waals surface area (Å²) in [4.78, 5) is 2.34. The van der Waals surface area contributed by atoms with E-state index in [1.165, 1.54) is 4.88 Å². The van der Waals surface area contributed by atoms with E-state index in [4.69, 9.17) is 4.65 Å². The third-order valence-electron chi connectivity index (χ3n) is 4.22. The Morgan fingerprint density at radius 3 is 2.35 bits per heavy atom. The summed E-state index contributed by atoms with van der Waals surface area (Å²) in [5.74, 6) is 0.488. The van der Waals surface area contributed by atoms with Crippen molar-refractivity contribution in [2.75, 3.05) is 0 Å². The van der Waals surface area contributed by atoms with Crippen molar-refractivity contribution >= 4 is 23.9 Å². The summed E-state index contributed by atoms with van der Waals surface area (Å²) in [7, 11) is -1.01. The van der Waals surface area contributed by atoms with Crippen LogP contribution in [0.2, 0.25) is 0 Å². The van der Waals surface area contributed by atoms with Gasteiger partial charge in [0, 0.05) is 9.75 Å². The molecule has 0 bridgehead atoms. The predicted molar refractivity (Wildman–Crippen MR) is 86.8 cm³/mol. The Balaban J connectivity index is 2.93. The summed E-state index contributed by atoms with van der Waals surface area (Å²) in [5, 5.41) is 20.4. The Hall–Kier alpha value is -0.355. The van der Waals surface area contributed by atoms with Crippen molar-refractivity contribution in [2.24, 2.45) is 0 Å². The highest BCUT2D eigenvalue weighted by atomic mass is 32.1. The Kier molecular flexibility index (Phi) is 5.47. The van der Waals surface area contributed by atoms with Crippen LogP contribution in [0.15, 0.2) is 6.07 Å². The van der Waals surface area contributed by atoms with Gasteiger partial charge in [-0.15, -0.1) is 11.3 Å². The summed E-state index contributed by atoms with van der Waals surface area (Å²) < 4.78 is 5.71. The lowest BCUT2D eigenvalue weighted by atomic mass is 9.76. The zero-order valence-corrected chi connectivity index (χ0v) is 14.5. The minimum Gasteiger partial charge on any atom is -0.423 e. The maximum Gasteiger partial charge on any atom is 0.492 e. The SMILES string of the molecule is CCC(C)c1cc(B(O)OC(C)(C)C(C)(C)O)c(C)s1. The second-order valence-electron chi connectivity index (χ2n) is 6.51. The number of rotatable bonds is 6. The highest BCUT2D eigenvalue weighted by molar-refractivity contribution is 7.13. The molecule has 0 saturated carbocycles. The van der Waals surface area contributed by atoms with Crippen molar-refractivity contribution < 1.29 is 14.8 Å². The first kappa shape index (κ1) is 17.7. The van der Waals surface area contributed by atoms with Crippen molar-refractivity contribution in [3.63, 3.8) is 0 Å². The van der Waals surface area contributed by atoms with E-state index in [0.717, 1.165) is 16.8 Å². The summed E-state index contributed by atoms with van der Waals surface area (Å²) >= 11 is 1.71. The van der Waals surface area contributed by atoms with Crippen molar-refractivity contribution in [1.29, 1.82) is 0 Å². The van der Waals surface area contributed by atoms with Gasteiger partial charge < -0.3 is 14.8 Å². The molecule has 0 fully saturated rings. The predicted octanol–water partition coefficient (Wildman–Crippen LogP) is 2.82. The normalized spacial score (nSPS) is 14.4. The molecule has 1 aromatic rings. The Labute approximate surface area is 127 Å². The summed E-state index contributed by atoms with van der Waals surface area (Å²) in [6, 6.07) is 2.03. The average Bonchev–Trinajstić information content (AvgIpc) is 2.68. The molecule has 114 valence electrons. The fraction of sp³-hybridized carbons (Fsp3) is 0.733. The molecule has 0 aromatic carbocycles. The molecule has 5 heteroatoms. The molecule has 0 amide bonds. The van der Waals surface area contributed by atoms with Crippen LogP contribution >= 0.6 is 11.3 Å². The lowest BCUT2D eigenvalue weighted by Gasteiger charge is -2.38. The molecule has 0 aliphatic carbocycles. The van der Waals surface area contributed by atoms with Gasteiger partial charge in [0.25, 0.3) is 0 Å². The molecule has 1 aromatic heterocycles. The standard InChI is InChI=1S/C15H27BO3S/c1-8-10(2)13-9-12(11(3)20-13)16(18)19-15(6,7)14(4,5)17/h9-10,17-18H,8H2,1-7H3. The molecular weight excluding hydrogens is 271 g/mol. The molecule has 0 saturated heterocycles. The van der Waals surface area contributed by atoms with E-state index in [2.05, 4.69) is 13.8 Å². The third-order valence-corrected chi connectivity index (χ3v) is 5.52. The van der Waals surface area contributed by atoms with Crippen LogP contribution in [0.5, 0.6) is 0 Å². The van der Waals surface area contributed by atoms with Crippen LogP contribution in [0.25, 0.3) is 0 Å². The second kappa shape index (κ2) is 6.18. The van der Waals surface area contributed by atoms with Gasteiger partial charge in [0.2, 0.25) is 0 Å². The monoisotopic (exact) mass is 298 g/mol. The number of hydrogen-bond donors (Lipinski definition) is 2. The molecule has 1 rings (SSSR count). The first-order valence-electron chi connectivity index (χ1n) is 7.18. The molecule has 0 spiro atoms. The van der Waals surface area contributed by atoms with E-state index >= 15 is 0 Å². The first-order chi connectivity index (χ1) is 8.99. The third kappa shape index (κ3) is 3.85. The number of aryl methyl sites for hydroxylation is 1. The van der Waals surface area contributed by atoms with Gasteiger partial charge in [0.15, 0.2) is 0 Å². The minimum atomic E-state index is -1.03. The summed E-state index contributed by atoms with van der Waals surface area (Å²) in [6.45, 7) is 13.3. The Morgan fingerprint density at radius 2 is 1.90 bits per heavy atom. The van der Waals surface area contributed by atoms with Crippen molar-refractivity contribution in [2.45, 2.75) is 72.0 Å². The molecule has 20 heavy (non-hydrogen) atoms. The van der Waals surface area contributed by atoms with Gasteiger partial charge in [-0.3, -0.25) is 0 Å². The molecule has 1 heterocycles. The van der Waals surface area contributed by atoms with Crippen LogP contribution in [-0.4, -0.2) is 28.5 Å². The average molecular weight is 298 g/mol. The van der Waals surface area contributed by atoms with Crippen LogP contribution in [0.4, 0.5) is 0 Å². The smallest absolute Gasteiger partial charge is 0.423 e. The van der Waals surface area contributed by atoms with E-state index in [-0.39, 0.29) is 0 Å². The fourth-order valence-corrected chi connectivity index (χ4v) is 2.88. The van der Waals surface area contributed by atoms with Gasteiger partial charge in [-0.2, -0.15) is 0 Å². The van der Waals surface area contributed by atoms with Gasteiger partial charge in [-0.1, -0.05) is 13.8 Å². The number of aliphatic hydroxyl groups is 1. The number of hydrogen-bond acceptors (Lipinski definition) is 4. The first-order valence-corrected chi connectivity index (χ1v) is 7.99. The largest absolute Gasteiger partial charge is 0.492 e. The van der Waals surface area contributed by atoms with Gasteiger partial charge in [-0.05, 0) is 58.5 Å². The van der Waals surface area contributed by atoms with Crippen LogP contribution in [0, 0.1) is 6.92 Å². The summed E-state index contributed by atoms with van der Waals surface area (Å²) in [5.41, 5.74) is -1.06. The lowest BCUT2D eigenvalue weighted by Crippen LogP contribution is -2.53. The molecule has 1 atom stereocenters. The van der Waals surface area contributed by atoms with Crippen molar-refractivity contribution in [3.05, 3.63) is 15.8 Å². The fourth-order valence-electron chi connectivity index (χ4n) is 1.70. The quantitative estimate of drug-likeness (QED) is 0.794. The van der Waals surface area contributed by atoms with E-state index in [0.29, 0.717) is 5.92 Å². The van der Waals surface area contributed by atoms with Gasteiger partial charge >= 0.3 is 7.12 Å². The zero-order chi connectivity index (χ0) is 15.7. The molecular formula is C15H27BO3S. The molecule has 2 N–H and O–H groups in total. The van der Waals surface area contributed by atoms with Crippen LogP contribution in [0.3, 0.4) is 0 Å². The maximum absolute atomic E-state index is 10.3. The zero-order valence-electron chi connectivity index (χ0n) is 13.7. The van der Waals surface area contributed by atoms with Crippen molar-refractivity contribution in [3.8, 4) is 0 Å². The highest BCUT2D eigenvalue weighted by Gasteiger charge is 2.40. The molecule has 0 radical (unpaired) electrons. The van der Waals surface area contributed by atoms with Crippen LogP contribution < -0.4 is 5.46 Å². The maximum atomic E-state index is 10.3. The molecule has 3 nitrogen and oxygen atoms in total. The number of thiophene rings is 1. The van der Waals surface area contributed by atoms with Crippen LogP contribution in [0.1, 0.15) is 63.6 Å². The van der Waals surface area contributed by atoms with Gasteiger partial charge in [-0.25, -0.2) is 0 Å². The second-order valence-corrected chi connectivity index (χ2v) is 7.80. The molecule has 0 aliphatic heterocycles. The Bertz CT molecular complexity index is 448. The topological polar surface area (TPSA) is 49.7 Å². The molecule has 1 unspecified atom stereocenters. The summed E-state index contributed by atoms with van der Waals surface area (Å²) in [6.07, 6.45) is 1.07.